The highest BCUT2D eigenvalue weighted by Gasteiger charge is 2.37. The van der Waals surface area contributed by atoms with E-state index < -0.39 is 5.60 Å². The van der Waals surface area contributed by atoms with Gasteiger partial charge in [-0.15, -0.1) is 0 Å². The topological polar surface area (TPSA) is 54.2 Å². The van der Waals surface area contributed by atoms with Crippen LogP contribution in [0.4, 0.5) is 0 Å². The number of aromatic nitrogens is 3. The minimum Gasteiger partial charge on any atom is -0.382 e. The highest BCUT2D eigenvalue weighted by atomic mass is 16.3. The average Bonchev–Trinajstić information content (AvgIpc) is 2.80. The van der Waals surface area contributed by atoms with E-state index in [1.54, 1.807) is 6.33 Å². The lowest BCUT2D eigenvalue weighted by atomic mass is 9.90. The molecule has 1 aliphatic rings. The lowest BCUT2D eigenvalue weighted by Crippen LogP contribution is -2.44. The van der Waals surface area contributed by atoms with Gasteiger partial charge in [0.25, 0.3) is 0 Å². The Morgan fingerprint density at radius 1 is 1.35 bits per heavy atom. The summed E-state index contributed by atoms with van der Waals surface area (Å²) < 4.78 is 1.85. The van der Waals surface area contributed by atoms with Crippen LogP contribution in [0.15, 0.2) is 6.33 Å². The molecule has 2 heterocycles. The zero-order valence-electron chi connectivity index (χ0n) is 10.8. The van der Waals surface area contributed by atoms with Gasteiger partial charge in [-0.05, 0) is 25.8 Å². The van der Waals surface area contributed by atoms with Crippen LogP contribution in [0.2, 0.25) is 0 Å². The van der Waals surface area contributed by atoms with Crippen LogP contribution in [0, 0.1) is 0 Å². The molecule has 1 aliphatic heterocycles. The van der Waals surface area contributed by atoms with Gasteiger partial charge in [-0.25, -0.2) is 9.67 Å². The van der Waals surface area contributed by atoms with Gasteiger partial charge < -0.3 is 10.0 Å². The lowest BCUT2D eigenvalue weighted by Gasteiger charge is -2.37. The standard InChI is InChI=1S/C12H22N4O/c1-3-7-16-11(13-10-14-16)12(17)5-8-15(4-2)9-6-12/h10,17H,3-9H2,1-2H3. The van der Waals surface area contributed by atoms with Crippen LogP contribution < -0.4 is 0 Å². The first-order valence-corrected chi connectivity index (χ1v) is 6.52. The quantitative estimate of drug-likeness (QED) is 0.850. The van der Waals surface area contributed by atoms with Crippen LogP contribution in [-0.2, 0) is 12.1 Å². The van der Waals surface area contributed by atoms with Crippen LogP contribution in [0.3, 0.4) is 0 Å². The summed E-state index contributed by atoms with van der Waals surface area (Å²) in [5, 5.41) is 14.9. The number of hydrogen-bond donors (Lipinski definition) is 1. The molecule has 5 heteroatoms. The summed E-state index contributed by atoms with van der Waals surface area (Å²) in [7, 11) is 0. The number of rotatable bonds is 4. The fourth-order valence-corrected chi connectivity index (χ4v) is 2.46. The van der Waals surface area contributed by atoms with Crippen molar-refractivity contribution >= 4 is 0 Å². The number of nitrogens with zero attached hydrogens (tertiary/aromatic N) is 4. The van der Waals surface area contributed by atoms with Crippen molar-refractivity contribution in [2.75, 3.05) is 19.6 Å². The van der Waals surface area contributed by atoms with E-state index in [0.717, 1.165) is 51.3 Å². The molecule has 96 valence electrons. The summed E-state index contributed by atoms with van der Waals surface area (Å²) in [5.41, 5.74) is -0.780. The third kappa shape index (κ3) is 2.50. The number of hydrogen-bond acceptors (Lipinski definition) is 4. The Labute approximate surface area is 102 Å². The van der Waals surface area contributed by atoms with Crippen LogP contribution in [-0.4, -0.2) is 44.4 Å². The average molecular weight is 238 g/mol. The molecule has 1 fully saturated rings. The molecular formula is C12H22N4O. The molecule has 0 atom stereocenters. The van der Waals surface area contributed by atoms with E-state index in [1.807, 2.05) is 4.68 Å². The van der Waals surface area contributed by atoms with E-state index in [9.17, 15) is 5.11 Å². The molecule has 0 aliphatic carbocycles. The normalized spacial score (nSPS) is 20.6. The van der Waals surface area contributed by atoms with Crippen molar-refractivity contribution in [3.63, 3.8) is 0 Å². The van der Waals surface area contributed by atoms with Gasteiger partial charge in [0.1, 0.15) is 11.9 Å². The maximum absolute atomic E-state index is 10.7. The molecule has 0 unspecified atom stereocenters. The summed E-state index contributed by atoms with van der Waals surface area (Å²) in [4.78, 5) is 6.62. The minimum absolute atomic E-state index is 0.745. The predicted molar refractivity (Wildman–Crippen MR) is 65.6 cm³/mol. The van der Waals surface area contributed by atoms with E-state index >= 15 is 0 Å². The maximum atomic E-state index is 10.7. The Morgan fingerprint density at radius 2 is 2.06 bits per heavy atom. The van der Waals surface area contributed by atoms with Crippen molar-refractivity contribution in [1.29, 1.82) is 0 Å². The molecule has 1 saturated heterocycles. The second kappa shape index (κ2) is 5.14. The van der Waals surface area contributed by atoms with Crippen LogP contribution >= 0.6 is 0 Å². The molecule has 0 aromatic carbocycles. The summed E-state index contributed by atoms with van der Waals surface area (Å²) in [6, 6.07) is 0. The Balaban J connectivity index is 2.12. The second-order valence-corrected chi connectivity index (χ2v) is 4.77. The zero-order chi connectivity index (χ0) is 12.3. The number of likely N-dealkylation sites (tertiary alicyclic amines) is 1. The number of aliphatic hydroxyl groups is 1. The number of piperidine rings is 1. The molecule has 1 N–H and O–H groups in total. The van der Waals surface area contributed by atoms with Crippen molar-refractivity contribution in [1.82, 2.24) is 19.7 Å². The molecule has 0 radical (unpaired) electrons. The van der Waals surface area contributed by atoms with Crippen molar-refractivity contribution < 1.29 is 5.11 Å². The van der Waals surface area contributed by atoms with Crippen molar-refractivity contribution in [3.05, 3.63) is 12.2 Å². The summed E-state index contributed by atoms with van der Waals surface area (Å²) in [6.45, 7) is 8.02. The second-order valence-electron chi connectivity index (χ2n) is 4.77. The first-order valence-electron chi connectivity index (χ1n) is 6.52. The van der Waals surface area contributed by atoms with Gasteiger partial charge in [0.05, 0.1) is 0 Å². The summed E-state index contributed by atoms with van der Waals surface area (Å²) >= 11 is 0. The third-order valence-corrected chi connectivity index (χ3v) is 3.60. The van der Waals surface area contributed by atoms with E-state index in [-0.39, 0.29) is 0 Å². The van der Waals surface area contributed by atoms with Crippen LogP contribution in [0.25, 0.3) is 0 Å². The monoisotopic (exact) mass is 238 g/mol. The highest BCUT2D eigenvalue weighted by Crippen LogP contribution is 2.31. The first-order chi connectivity index (χ1) is 8.19. The predicted octanol–water partition coefficient (Wildman–Crippen LogP) is 0.991. The molecule has 0 spiro atoms. The molecule has 5 nitrogen and oxygen atoms in total. The largest absolute Gasteiger partial charge is 0.382 e. The SMILES string of the molecule is CCCn1ncnc1C1(O)CCN(CC)CC1. The third-order valence-electron chi connectivity index (χ3n) is 3.60. The van der Waals surface area contributed by atoms with E-state index in [1.165, 1.54) is 0 Å². The van der Waals surface area contributed by atoms with Gasteiger partial charge >= 0.3 is 0 Å². The lowest BCUT2D eigenvalue weighted by molar-refractivity contribution is -0.0351. The Bertz CT molecular complexity index is 355. The summed E-state index contributed by atoms with van der Waals surface area (Å²) in [6.07, 6.45) is 4.06. The van der Waals surface area contributed by atoms with Gasteiger partial charge in [0.2, 0.25) is 0 Å². The molecule has 1 aromatic rings. The molecule has 17 heavy (non-hydrogen) atoms. The van der Waals surface area contributed by atoms with E-state index in [2.05, 4.69) is 28.8 Å². The van der Waals surface area contributed by atoms with Crippen molar-refractivity contribution in [2.45, 2.75) is 45.3 Å². The summed E-state index contributed by atoms with van der Waals surface area (Å²) in [5.74, 6) is 0.745. The Morgan fingerprint density at radius 3 is 2.65 bits per heavy atom. The molecule has 2 rings (SSSR count). The van der Waals surface area contributed by atoms with Gasteiger partial charge in [0.15, 0.2) is 5.82 Å². The zero-order valence-corrected chi connectivity index (χ0v) is 10.8. The minimum atomic E-state index is -0.780. The fraction of sp³-hybridized carbons (Fsp3) is 0.833. The van der Waals surface area contributed by atoms with Crippen LogP contribution in [0.1, 0.15) is 38.9 Å². The van der Waals surface area contributed by atoms with Gasteiger partial charge in [-0.2, -0.15) is 5.10 Å². The molecular weight excluding hydrogens is 216 g/mol. The van der Waals surface area contributed by atoms with Gasteiger partial charge in [-0.1, -0.05) is 13.8 Å². The highest BCUT2D eigenvalue weighted by molar-refractivity contribution is 5.03. The molecule has 0 saturated carbocycles. The fourth-order valence-electron chi connectivity index (χ4n) is 2.46. The molecule has 1 aromatic heterocycles. The van der Waals surface area contributed by atoms with Crippen LogP contribution in [0.5, 0.6) is 0 Å². The maximum Gasteiger partial charge on any atom is 0.158 e. The van der Waals surface area contributed by atoms with E-state index in [0.29, 0.717) is 0 Å². The Hall–Kier alpha value is -0.940. The van der Waals surface area contributed by atoms with Crippen molar-refractivity contribution in [2.24, 2.45) is 0 Å². The van der Waals surface area contributed by atoms with E-state index in [4.69, 9.17) is 0 Å². The van der Waals surface area contributed by atoms with Crippen molar-refractivity contribution in [3.8, 4) is 0 Å². The molecule has 0 bridgehead atoms. The van der Waals surface area contributed by atoms with Gasteiger partial charge in [0, 0.05) is 19.6 Å². The smallest absolute Gasteiger partial charge is 0.158 e. The number of aryl methyl sites for hydroxylation is 1. The Kier molecular flexibility index (Phi) is 3.79. The first kappa shape index (κ1) is 12.5. The molecule has 0 amide bonds. The van der Waals surface area contributed by atoms with Gasteiger partial charge in [-0.3, -0.25) is 0 Å².